The summed E-state index contributed by atoms with van der Waals surface area (Å²) in [7, 11) is 0. The molecule has 0 fully saturated rings. The van der Waals surface area contributed by atoms with E-state index in [1.165, 1.54) is 0 Å². The van der Waals surface area contributed by atoms with Gasteiger partial charge in [0.15, 0.2) is 6.29 Å². The zero-order chi connectivity index (χ0) is 12.3. The maximum atomic E-state index is 5.43. The molecule has 1 rings (SSSR count). The Morgan fingerprint density at radius 2 is 2.00 bits per heavy atom. The van der Waals surface area contributed by atoms with Crippen molar-refractivity contribution in [1.29, 1.82) is 0 Å². The predicted octanol–water partition coefficient (Wildman–Crippen LogP) is 1.61. The summed E-state index contributed by atoms with van der Waals surface area (Å²) in [5.41, 5.74) is 1.10. The second-order valence-corrected chi connectivity index (χ2v) is 3.62. The fourth-order valence-corrected chi connectivity index (χ4v) is 1.52. The molecule has 0 spiro atoms. The highest BCUT2D eigenvalue weighted by atomic mass is 16.7. The maximum Gasteiger partial charge on any atom is 0.169 e. The van der Waals surface area contributed by atoms with Crippen LogP contribution in [0.2, 0.25) is 0 Å². The average molecular weight is 238 g/mol. The van der Waals surface area contributed by atoms with Crippen molar-refractivity contribution in [2.45, 2.75) is 26.6 Å². The fourth-order valence-electron chi connectivity index (χ4n) is 1.52. The molecule has 0 aliphatic rings. The Morgan fingerprint density at radius 3 is 2.59 bits per heavy atom. The summed E-state index contributed by atoms with van der Waals surface area (Å²) in [5.74, 6) is 0. The molecule has 0 atom stereocenters. The largest absolute Gasteiger partial charge is 0.352 e. The third-order valence-corrected chi connectivity index (χ3v) is 2.30. The number of hydrogen-bond donors (Lipinski definition) is 1. The van der Waals surface area contributed by atoms with Crippen molar-refractivity contribution in [3.05, 3.63) is 30.1 Å². The van der Waals surface area contributed by atoms with Gasteiger partial charge in [-0.1, -0.05) is 6.07 Å². The van der Waals surface area contributed by atoms with Gasteiger partial charge in [0.2, 0.25) is 0 Å². The van der Waals surface area contributed by atoms with Crippen LogP contribution in [0.25, 0.3) is 0 Å². The molecule has 0 aliphatic carbocycles. The highest BCUT2D eigenvalue weighted by Crippen LogP contribution is 1.95. The number of hydrogen-bond acceptors (Lipinski definition) is 4. The minimum absolute atomic E-state index is 0.145. The quantitative estimate of drug-likeness (QED) is 0.524. The minimum atomic E-state index is -0.145. The van der Waals surface area contributed by atoms with Crippen LogP contribution in [0.1, 0.15) is 19.5 Å². The Hall–Kier alpha value is -0.970. The lowest BCUT2D eigenvalue weighted by Gasteiger charge is -2.17. The number of ether oxygens (including phenoxy) is 2. The predicted molar refractivity (Wildman–Crippen MR) is 67.9 cm³/mol. The lowest BCUT2D eigenvalue weighted by molar-refractivity contribution is -0.132. The van der Waals surface area contributed by atoms with Gasteiger partial charge in [0.05, 0.1) is 0 Å². The SMILES string of the molecule is CCOC(CNCCc1ccccn1)OCC. The summed E-state index contributed by atoms with van der Waals surface area (Å²) in [6.45, 7) is 6.89. The number of nitrogens with one attached hydrogen (secondary N) is 1. The molecule has 96 valence electrons. The first-order valence-corrected chi connectivity index (χ1v) is 6.20. The van der Waals surface area contributed by atoms with E-state index < -0.39 is 0 Å². The average Bonchev–Trinajstić information content (AvgIpc) is 2.36. The van der Waals surface area contributed by atoms with Crippen LogP contribution < -0.4 is 5.32 Å². The van der Waals surface area contributed by atoms with Gasteiger partial charge in [-0.15, -0.1) is 0 Å². The van der Waals surface area contributed by atoms with Crippen LogP contribution >= 0.6 is 0 Å². The first-order chi connectivity index (χ1) is 8.36. The topological polar surface area (TPSA) is 43.4 Å². The van der Waals surface area contributed by atoms with Crippen LogP contribution in [-0.4, -0.2) is 37.6 Å². The third-order valence-electron chi connectivity index (χ3n) is 2.30. The summed E-state index contributed by atoms with van der Waals surface area (Å²) in [6, 6.07) is 5.97. The molecule has 0 aromatic carbocycles. The smallest absolute Gasteiger partial charge is 0.169 e. The standard InChI is InChI=1S/C13H22N2O2/c1-3-16-13(17-4-2)11-14-10-8-12-7-5-6-9-15-12/h5-7,9,13-14H,3-4,8,10-11H2,1-2H3. The van der Waals surface area contributed by atoms with Gasteiger partial charge in [0, 0.05) is 44.6 Å². The van der Waals surface area contributed by atoms with Crippen LogP contribution in [-0.2, 0) is 15.9 Å². The normalized spacial score (nSPS) is 11.0. The maximum absolute atomic E-state index is 5.43. The van der Waals surface area contributed by atoms with Gasteiger partial charge >= 0.3 is 0 Å². The molecule has 0 radical (unpaired) electrons. The van der Waals surface area contributed by atoms with E-state index in [2.05, 4.69) is 10.3 Å². The highest BCUT2D eigenvalue weighted by Gasteiger charge is 2.06. The molecule has 1 heterocycles. The zero-order valence-corrected chi connectivity index (χ0v) is 10.7. The van der Waals surface area contributed by atoms with Crippen molar-refractivity contribution >= 4 is 0 Å². The molecule has 17 heavy (non-hydrogen) atoms. The molecule has 4 heteroatoms. The molecule has 1 aromatic heterocycles. The summed E-state index contributed by atoms with van der Waals surface area (Å²) < 4.78 is 10.9. The van der Waals surface area contributed by atoms with Crippen LogP contribution in [0.5, 0.6) is 0 Å². The number of nitrogens with zero attached hydrogens (tertiary/aromatic N) is 1. The van der Waals surface area contributed by atoms with Gasteiger partial charge in [0.25, 0.3) is 0 Å². The van der Waals surface area contributed by atoms with Gasteiger partial charge in [-0.25, -0.2) is 0 Å². The van der Waals surface area contributed by atoms with Crippen molar-refractivity contribution in [3.8, 4) is 0 Å². The van der Waals surface area contributed by atoms with E-state index in [1.54, 1.807) is 0 Å². The van der Waals surface area contributed by atoms with Crippen LogP contribution in [0.15, 0.2) is 24.4 Å². The molecule has 0 unspecified atom stereocenters. The first-order valence-electron chi connectivity index (χ1n) is 6.20. The molecule has 1 N–H and O–H groups in total. The minimum Gasteiger partial charge on any atom is -0.352 e. The molecule has 0 bridgehead atoms. The molecule has 0 amide bonds. The van der Waals surface area contributed by atoms with E-state index in [0.717, 1.165) is 18.7 Å². The molecule has 0 saturated heterocycles. The van der Waals surface area contributed by atoms with E-state index >= 15 is 0 Å². The van der Waals surface area contributed by atoms with Gasteiger partial charge in [-0.2, -0.15) is 0 Å². The van der Waals surface area contributed by atoms with Crippen molar-refractivity contribution in [2.75, 3.05) is 26.3 Å². The van der Waals surface area contributed by atoms with Crippen molar-refractivity contribution in [1.82, 2.24) is 10.3 Å². The Bertz CT molecular complexity index is 274. The number of rotatable bonds is 9. The second-order valence-electron chi connectivity index (χ2n) is 3.62. The molecular weight excluding hydrogens is 216 g/mol. The molecule has 4 nitrogen and oxygen atoms in total. The molecule has 0 aliphatic heterocycles. The second kappa shape index (κ2) is 9.10. The van der Waals surface area contributed by atoms with Crippen molar-refractivity contribution in [2.24, 2.45) is 0 Å². The van der Waals surface area contributed by atoms with Crippen LogP contribution in [0, 0.1) is 0 Å². The Kier molecular flexibility index (Phi) is 7.54. The fraction of sp³-hybridized carbons (Fsp3) is 0.615. The van der Waals surface area contributed by atoms with E-state index in [0.29, 0.717) is 19.8 Å². The van der Waals surface area contributed by atoms with Gasteiger partial charge < -0.3 is 14.8 Å². The van der Waals surface area contributed by atoms with Gasteiger partial charge in [-0.05, 0) is 26.0 Å². The Morgan fingerprint density at radius 1 is 1.24 bits per heavy atom. The van der Waals surface area contributed by atoms with Gasteiger partial charge in [0.1, 0.15) is 0 Å². The van der Waals surface area contributed by atoms with E-state index in [1.807, 2.05) is 38.2 Å². The molecule has 1 aromatic rings. The van der Waals surface area contributed by atoms with E-state index in [-0.39, 0.29) is 6.29 Å². The first kappa shape index (κ1) is 14.1. The van der Waals surface area contributed by atoms with Crippen molar-refractivity contribution in [3.63, 3.8) is 0 Å². The van der Waals surface area contributed by atoms with Crippen molar-refractivity contribution < 1.29 is 9.47 Å². The van der Waals surface area contributed by atoms with E-state index in [9.17, 15) is 0 Å². The third kappa shape index (κ3) is 6.36. The van der Waals surface area contributed by atoms with Gasteiger partial charge in [-0.3, -0.25) is 4.98 Å². The Labute approximate surface area is 103 Å². The van der Waals surface area contributed by atoms with E-state index in [4.69, 9.17) is 9.47 Å². The lowest BCUT2D eigenvalue weighted by Crippen LogP contribution is -2.32. The summed E-state index contributed by atoms with van der Waals surface area (Å²) in [6.07, 6.45) is 2.60. The number of aromatic nitrogens is 1. The highest BCUT2D eigenvalue weighted by molar-refractivity contribution is 5.03. The summed E-state index contributed by atoms with van der Waals surface area (Å²) in [5, 5.41) is 3.31. The number of pyridine rings is 1. The molecular formula is C13H22N2O2. The van der Waals surface area contributed by atoms with Crippen LogP contribution in [0.4, 0.5) is 0 Å². The summed E-state index contributed by atoms with van der Waals surface area (Å²) in [4.78, 5) is 4.27. The summed E-state index contributed by atoms with van der Waals surface area (Å²) >= 11 is 0. The monoisotopic (exact) mass is 238 g/mol. The Balaban J connectivity index is 2.13. The lowest BCUT2D eigenvalue weighted by atomic mass is 10.3. The zero-order valence-electron chi connectivity index (χ0n) is 10.7. The molecule has 0 saturated carbocycles. The van der Waals surface area contributed by atoms with Crippen LogP contribution in [0.3, 0.4) is 0 Å².